The molecule has 0 radical (unpaired) electrons. The van der Waals surface area contributed by atoms with Crippen LogP contribution in [-0.2, 0) is 12.7 Å². The predicted molar refractivity (Wildman–Crippen MR) is 144 cm³/mol. The van der Waals surface area contributed by atoms with Gasteiger partial charge in [0, 0.05) is 30.1 Å². The molecule has 3 aromatic carbocycles. The molecule has 10 heteroatoms. The summed E-state index contributed by atoms with van der Waals surface area (Å²) in [5.41, 5.74) is 3.52. The van der Waals surface area contributed by atoms with Gasteiger partial charge < -0.3 is 10.1 Å². The van der Waals surface area contributed by atoms with Crippen molar-refractivity contribution in [1.29, 1.82) is 0 Å². The van der Waals surface area contributed by atoms with Crippen LogP contribution in [0.25, 0.3) is 5.69 Å². The first-order valence-corrected chi connectivity index (χ1v) is 13.5. The number of hydrogen-bond donors (Lipinski definition) is 1. The lowest BCUT2D eigenvalue weighted by atomic mass is 9.70. The Kier molecular flexibility index (Phi) is 7.29. The summed E-state index contributed by atoms with van der Waals surface area (Å²) in [6, 6.07) is 26.5. The molecule has 0 amide bonds. The Labute approximate surface area is 231 Å². The van der Waals surface area contributed by atoms with Gasteiger partial charge in [-0.05, 0) is 71.6 Å². The number of tetrazole rings is 1. The highest BCUT2D eigenvalue weighted by atomic mass is 19.4. The third-order valence-corrected chi connectivity index (χ3v) is 8.29. The molecule has 40 heavy (non-hydrogen) atoms. The second-order valence-corrected chi connectivity index (χ2v) is 10.5. The van der Waals surface area contributed by atoms with Gasteiger partial charge in [0.1, 0.15) is 5.75 Å². The van der Waals surface area contributed by atoms with Gasteiger partial charge in [0.25, 0.3) is 5.82 Å². The number of aromatic nitrogens is 4. The summed E-state index contributed by atoms with van der Waals surface area (Å²) in [4.78, 5) is 2.60. The van der Waals surface area contributed by atoms with Crippen LogP contribution in [0.1, 0.15) is 41.3 Å². The Morgan fingerprint density at radius 1 is 0.950 bits per heavy atom. The molecule has 4 heterocycles. The van der Waals surface area contributed by atoms with Gasteiger partial charge in [0.2, 0.25) is 0 Å². The summed E-state index contributed by atoms with van der Waals surface area (Å²) < 4.78 is 46.8. The van der Waals surface area contributed by atoms with Crippen molar-refractivity contribution in [1.82, 2.24) is 30.4 Å². The second kappa shape index (κ2) is 11.0. The average Bonchev–Trinajstić information content (AvgIpc) is 3.49. The van der Waals surface area contributed by atoms with Gasteiger partial charge in [-0.3, -0.25) is 4.90 Å². The molecule has 3 aliphatic rings. The Morgan fingerprint density at radius 3 is 2.20 bits per heavy atom. The van der Waals surface area contributed by atoms with E-state index in [1.165, 1.54) is 17.2 Å². The van der Waals surface area contributed by atoms with E-state index in [4.69, 9.17) is 4.74 Å². The third kappa shape index (κ3) is 5.09. The van der Waals surface area contributed by atoms with Crippen molar-refractivity contribution >= 4 is 0 Å². The number of piperidine rings is 3. The molecule has 1 N–H and O–H groups in total. The minimum atomic E-state index is -4.67. The molecule has 3 saturated heterocycles. The van der Waals surface area contributed by atoms with E-state index in [2.05, 4.69) is 74.3 Å². The SMILES string of the molecule is COc1ccc(-n2nnnc2C(F)(F)F)cc1CNC1C2CCN(CC2)C1C(c1ccccc1)c1ccccc1. The molecule has 0 spiro atoms. The van der Waals surface area contributed by atoms with E-state index >= 15 is 0 Å². The van der Waals surface area contributed by atoms with Crippen LogP contribution >= 0.6 is 0 Å². The van der Waals surface area contributed by atoms with Crippen molar-refractivity contribution in [3.8, 4) is 11.4 Å². The fourth-order valence-corrected chi connectivity index (χ4v) is 6.50. The van der Waals surface area contributed by atoms with Crippen LogP contribution in [0.15, 0.2) is 78.9 Å². The van der Waals surface area contributed by atoms with Crippen molar-refractivity contribution in [2.45, 2.75) is 43.6 Å². The Balaban J connectivity index is 1.33. The standard InChI is InChI=1S/C30H31F3N6O/c1-40-25-13-12-24(39-29(30(31,32)33)35-36-37-39)18-23(25)19-34-27-22-14-16-38(17-15-22)28(27)26(20-8-4-2-5-9-20)21-10-6-3-7-11-21/h2-13,18,22,26-28,34H,14-17,19H2,1H3. The Morgan fingerprint density at radius 2 is 1.60 bits per heavy atom. The number of ether oxygens (including phenoxy) is 1. The van der Waals surface area contributed by atoms with Crippen LogP contribution in [0.3, 0.4) is 0 Å². The highest BCUT2D eigenvalue weighted by molar-refractivity contribution is 5.44. The van der Waals surface area contributed by atoms with E-state index in [1.54, 1.807) is 19.2 Å². The summed E-state index contributed by atoms with van der Waals surface area (Å²) in [5, 5.41) is 13.9. The maximum Gasteiger partial charge on any atom is 0.453 e. The highest BCUT2D eigenvalue weighted by Gasteiger charge is 2.46. The molecule has 2 atom stereocenters. The van der Waals surface area contributed by atoms with E-state index in [0.29, 0.717) is 18.2 Å². The summed E-state index contributed by atoms with van der Waals surface area (Å²) in [7, 11) is 1.56. The third-order valence-electron chi connectivity index (χ3n) is 8.29. The number of rotatable bonds is 8. The zero-order valence-corrected chi connectivity index (χ0v) is 22.1. The number of fused-ring (bicyclic) bond motifs is 3. The number of nitrogens with zero attached hydrogens (tertiary/aromatic N) is 5. The van der Waals surface area contributed by atoms with Gasteiger partial charge in [-0.25, -0.2) is 0 Å². The minimum Gasteiger partial charge on any atom is -0.496 e. The van der Waals surface area contributed by atoms with Crippen LogP contribution in [0.2, 0.25) is 0 Å². The smallest absolute Gasteiger partial charge is 0.453 e. The predicted octanol–water partition coefficient (Wildman–Crippen LogP) is 5.07. The molecule has 2 bridgehead atoms. The molecule has 7 nitrogen and oxygen atoms in total. The maximum absolute atomic E-state index is 13.5. The minimum absolute atomic E-state index is 0.173. The lowest BCUT2D eigenvalue weighted by Gasteiger charge is -2.54. The zero-order valence-electron chi connectivity index (χ0n) is 22.1. The van der Waals surface area contributed by atoms with Crippen LogP contribution in [0.5, 0.6) is 5.75 Å². The van der Waals surface area contributed by atoms with Crippen LogP contribution in [0.4, 0.5) is 13.2 Å². The quantitative estimate of drug-likeness (QED) is 0.332. The molecule has 0 saturated carbocycles. The van der Waals surface area contributed by atoms with Crippen LogP contribution < -0.4 is 10.1 Å². The molecule has 4 aromatic rings. The van der Waals surface area contributed by atoms with Crippen molar-refractivity contribution < 1.29 is 17.9 Å². The number of halogens is 3. The molecule has 0 aliphatic carbocycles. The van der Waals surface area contributed by atoms with Crippen LogP contribution in [0, 0.1) is 5.92 Å². The lowest BCUT2D eigenvalue weighted by molar-refractivity contribution is -0.146. The first-order valence-electron chi connectivity index (χ1n) is 13.5. The monoisotopic (exact) mass is 548 g/mol. The topological polar surface area (TPSA) is 68.1 Å². The molecule has 7 rings (SSSR count). The summed E-state index contributed by atoms with van der Waals surface area (Å²) in [6.45, 7) is 2.55. The Hall–Kier alpha value is -3.76. The number of benzene rings is 3. The van der Waals surface area contributed by atoms with E-state index in [9.17, 15) is 13.2 Å². The largest absolute Gasteiger partial charge is 0.496 e. The fourth-order valence-electron chi connectivity index (χ4n) is 6.50. The van der Waals surface area contributed by atoms with E-state index in [1.807, 2.05) is 12.1 Å². The second-order valence-electron chi connectivity index (χ2n) is 10.5. The van der Waals surface area contributed by atoms with Crippen molar-refractivity contribution in [3.63, 3.8) is 0 Å². The maximum atomic E-state index is 13.5. The van der Waals surface area contributed by atoms with Gasteiger partial charge in [-0.1, -0.05) is 60.7 Å². The first-order chi connectivity index (χ1) is 19.4. The lowest BCUT2D eigenvalue weighted by Crippen LogP contribution is -2.64. The summed E-state index contributed by atoms with van der Waals surface area (Å²) in [6.07, 6.45) is -2.45. The Bertz CT molecular complexity index is 1380. The number of nitrogens with one attached hydrogen (secondary N) is 1. The van der Waals surface area contributed by atoms with Crippen molar-refractivity contribution in [3.05, 3.63) is 101 Å². The fraction of sp³-hybridized carbons (Fsp3) is 0.367. The van der Waals surface area contributed by atoms with Crippen LogP contribution in [-0.4, -0.2) is 57.4 Å². The van der Waals surface area contributed by atoms with Gasteiger partial charge in [-0.2, -0.15) is 17.9 Å². The molecule has 208 valence electrons. The van der Waals surface area contributed by atoms with Gasteiger partial charge in [0.15, 0.2) is 0 Å². The molecule has 2 unspecified atom stereocenters. The average molecular weight is 549 g/mol. The molecular formula is C30H31F3N6O. The molecule has 1 aromatic heterocycles. The van der Waals surface area contributed by atoms with Gasteiger partial charge >= 0.3 is 6.18 Å². The van der Waals surface area contributed by atoms with E-state index in [0.717, 1.165) is 36.2 Å². The van der Waals surface area contributed by atoms with Gasteiger partial charge in [-0.15, -0.1) is 5.10 Å². The molecular weight excluding hydrogens is 517 g/mol. The summed E-state index contributed by atoms with van der Waals surface area (Å²) >= 11 is 0. The summed E-state index contributed by atoms with van der Waals surface area (Å²) in [5.74, 6) is 0.100. The zero-order chi connectivity index (χ0) is 27.7. The number of methoxy groups -OCH3 is 1. The van der Waals surface area contributed by atoms with Gasteiger partial charge in [0.05, 0.1) is 12.8 Å². The number of hydrogen-bond acceptors (Lipinski definition) is 6. The first kappa shape index (κ1) is 26.5. The van der Waals surface area contributed by atoms with E-state index in [-0.39, 0.29) is 23.7 Å². The molecule has 3 fully saturated rings. The molecule has 3 aliphatic heterocycles. The van der Waals surface area contributed by atoms with Crippen molar-refractivity contribution in [2.24, 2.45) is 5.92 Å². The highest BCUT2D eigenvalue weighted by Crippen LogP contribution is 2.42. The normalized spacial score (nSPS) is 22.5. The van der Waals surface area contributed by atoms with Crippen molar-refractivity contribution in [2.75, 3.05) is 20.2 Å². The van der Waals surface area contributed by atoms with E-state index < -0.39 is 12.0 Å². The number of alkyl halides is 3.